The van der Waals surface area contributed by atoms with Crippen LogP contribution in [0, 0.1) is 5.92 Å². The zero-order valence-electron chi connectivity index (χ0n) is 17.9. The van der Waals surface area contributed by atoms with E-state index in [0.717, 1.165) is 0 Å². The molecule has 35 heavy (non-hydrogen) atoms. The molecule has 0 aromatic rings. The van der Waals surface area contributed by atoms with Crippen molar-refractivity contribution in [1.82, 2.24) is 0 Å². The third-order valence-electron chi connectivity index (χ3n) is 5.05. The summed E-state index contributed by atoms with van der Waals surface area (Å²) in [6.45, 7) is 1.05. The molecular formula is C17H20O10S8-4. The Morgan fingerprint density at radius 3 is 1.74 bits per heavy atom. The largest absolute Gasteiger partial charge is 0.503 e. The number of ether oxygens (including phenoxy) is 8. The predicted octanol–water partition coefficient (Wildman–Crippen LogP) is -0.0860. The monoisotopic (exact) mass is 640 g/mol. The van der Waals surface area contributed by atoms with E-state index in [1.165, 1.54) is 7.11 Å². The van der Waals surface area contributed by atoms with Gasteiger partial charge in [-0.25, -0.2) is 0 Å². The zero-order chi connectivity index (χ0) is 26.4. The summed E-state index contributed by atoms with van der Waals surface area (Å²) in [5, 5.41) is 20.9. The standard InChI is InChI=1S/C17H24O10S8/c1-4-6(19)8(23-14(28)29)13(26-11(4)27-17(34)35)22-7-5(3-18)21-12(20-2)10(25-16(32)33)9(7)24-15(30)31/h4-13,18-19H,3H2,1-2H3,(H,28,29)(H,30,31)(H,32,33)(H,34,35)/p-4. The molecular weight excluding hydrogens is 621 g/mol. The first-order chi connectivity index (χ1) is 16.4. The van der Waals surface area contributed by atoms with E-state index in [2.05, 4.69) is 0 Å². The van der Waals surface area contributed by atoms with Crippen molar-refractivity contribution in [2.75, 3.05) is 13.7 Å². The molecule has 0 bridgehead atoms. The van der Waals surface area contributed by atoms with E-state index >= 15 is 0 Å². The van der Waals surface area contributed by atoms with Gasteiger partial charge in [0.1, 0.15) is 18.3 Å². The molecule has 10 atom stereocenters. The molecule has 2 fully saturated rings. The average molecular weight is 641 g/mol. The SMILES string of the molecule is COC1OC(CO)C(OC2OC(OC(=S)[S-])C(C)C(O)C2OC(=S)[S-])C(OC(=S)[S-])C1OC(=S)[S-]. The summed E-state index contributed by atoms with van der Waals surface area (Å²) in [4.78, 5) is 0. The van der Waals surface area contributed by atoms with E-state index in [1.807, 2.05) is 0 Å². The van der Waals surface area contributed by atoms with Crippen LogP contribution in [0.4, 0.5) is 0 Å². The molecule has 0 aliphatic carbocycles. The molecule has 10 nitrogen and oxygen atoms in total. The maximum atomic E-state index is 10.9. The lowest BCUT2D eigenvalue weighted by Crippen LogP contribution is -2.65. The fourth-order valence-corrected chi connectivity index (χ4v) is 4.40. The minimum Gasteiger partial charge on any atom is -0.503 e. The third kappa shape index (κ3) is 8.60. The Bertz CT molecular complexity index is 790. The van der Waals surface area contributed by atoms with Gasteiger partial charge in [0.05, 0.1) is 6.61 Å². The van der Waals surface area contributed by atoms with Gasteiger partial charge in [-0.3, -0.25) is 0 Å². The number of thiocarbonyl (C=S) groups is 4. The molecule has 2 N–H and O–H groups in total. The third-order valence-corrected chi connectivity index (χ3v) is 5.81. The zero-order valence-corrected chi connectivity index (χ0v) is 24.4. The minimum absolute atomic E-state index is 0.242. The average Bonchev–Trinajstić information content (AvgIpc) is 2.75. The topological polar surface area (TPSA) is 114 Å². The molecule has 0 saturated carbocycles. The van der Waals surface area contributed by atoms with Crippen molar-refractivity contribution in [3.05, 3.63) is 0 Å². The Morgan fingerprint density at radius 2 is 1.26 bits per heavy atom. The van der Waals surface area contributed by atoms with Gasteiger partial charge in [0, 0.05) is 30.6 Å². The van der Waals surface area contributed by atoms with Crippen LogP contribution in [0.25, 0.3) is 0 Å². The van der Waals surface area contributed by atoms with Gasteiger partial charge in [-0.05, 0) is 0 Å². The van der Waals surface area contributed by atoms with Crippen molar-refractivity contribution in [2.45, 2.75) is 62.4 Å². The Morgan fingerprint density at radius 1 is 0.743 bits per heavy atom. The van der Waals surface area contributed by atoms with Crippen LogP contribution >= 0.6 is 48.9 Å². The quantitative estimate of drug-likeness (QED) is 0.272. The molecule has 2 aliphatic rings. The van der Waals surface area contributed by atoms with Gasteiger partial charge < -0.3 is 147 Å². The van der Waals surface area contributed by atoms with Crippen molar-refractivity contribution in [3.8, 4) is 0 Å². The van der Waals surface area contributed by atoms with Crippen LogP contribution < -0.4 is 0 Å². The highest BCUT2D eigenvalue weighted by molar-refractivity contribution is 8.00. The first kappa shape index (κ1) is 31.4. The molecule has 2 aliphatic heterocycles. The second kappa shape index (κ2) is 14.4. The smallest absolute Gasteiger partial charge is 0.205 e. The highest BCUT2D eigenvalue weighted by Crippen LogP contribution is 2.35. The molecule has 0 radical (unpaired) electrons. The maximum absolute atomic E-state index is 10.9. The number of hydrogen-bond acceptors (Lipinski definition) is 18. The van der Waals surface area contributed by atoms with E-state index in [1.54, 1.807) is 6.92 Å². The van der Waals surface area contributed by atoms with Crippen molar-refractivity contribution < 1.29 is 48.1 Å². The van der Waals surface area contributed by atoms with Crippen LogP contribution in [0.3, 0.4) is 0 Å². The normalized spacial score (nSPS) is 37.0. The lowest BCUT2D eigenvalue weighted by molar-refractivity contribution is -0.363. The lowest BCUT2D eigenvalue weighted by Gasteiger charge is -2.49. The molecule has 0 aromatic carbocycles. The van der Waals surface area contributed by atoms with Crippen molar-refractivity contribution >= 4 is 117 Å². The summed E-state index contributed by atoms with van der Waals surface area (Å²) in [7, 11) is 1.34. The van der Waals surface area contributed by atoms with Gasteiger partial charge in [-0.2, -0.15) is 0 Å². The maximum Gasteiger partial charge on any atom is 0.205 e. The highest BCUT2D eigenvalue weighted by Gasteiger charge is 2.53. The lowest BCUT2D eigenvalue weighted by atomic mass is 9.94. The first-order valence-corrected chi connectivity index (χ1v) is 12.9. The van der Waals surface area contributed by atoms with E-state index < -0.39 is 68.0 Å². The van der Waals surface area contributed by atoms with E-state index in [-0.39, 0.29) is 17.5 Å². The van der Waals surface area contributed by atoms with Crippen LogP contribution in [0.15, 0.2) is 0 Å². The van der Waals surface area contributed by atoms with Crippen LogP contribution in [0.1, 0.15) is 6.92 Å². The Hall–Kier alpha value is 0.200. The molecule has 0 amide bonds. The molecule has 2 saturated heterocycles. The summed E-state index contributed by atoms with van der Waals surface area (Å²) in [6.07, 6.45) is -10.6. The van der Waals surface area contributed by atoms with Crippen LogP contribution in [-0.2, 0) is 88.4 Å². The van der Waals surface area contributed by atoms with E-state index in [4.69, 9.17) is 137 Å². The van der Waals surface area contributed by atoms with Crippen molar-refractivity contribution in [2.24, 2.45) is 5.92 Å². The second-order valence-electron chi connectivity index (χ2n) is 7.15. The minimum atomic E-state index is -1.40. The molecule has 2 rings (SSSR count). The summed E-state index contributed by atoms with van der Waals surface area (Å²) >= 11 is 39.0. The Labute approximate surface area is 245 Å². The van der Waals surface area contributed by atoms with Crippen LogP contribution in [0.2, 0.25) is 0 Å². The molecule has 10 unspecified atom stereocenters. The van der Waals surface area contributed by atoms with E-state index in [9.17, 15) is 10.2 Å². The second-order valence-corrected chi connectivity index (χ2v) is 11.1. The highest BCUT2D eigenvalue weighted by atomic mass is 32.1. The summed E-state index contributed by atoms with van der Waals surface area (Å²) in [5.74, 6) is -0.680. The van der Waals surface area contributed by atoms with Gasteiger partial charge >= 0.3 is 0 Å². The Kier molecular flexibility index (Phi) is 12.9. The number of hydrogen-bond donors (Lipinski definition) is 2. The Balaban J connectivity index is 2.45. The van der Waals surface area contributed by atoms with E-state index in [0.29, 0.717) is 0 Å². The fourth-order valence-electron chi connectivity index (χ4n) is 3.55. The first-order valence-electron chi connectivity index (χ1n) is 9.68. The molecule has 0 aromatic heterocycles. The van der Waals surface area contributed by atoms with Crippen LogP contribution in [-0.4, -0.2) is 97.0 Å². The van der Waals surface area contributed by atoms with Gasteiger partial charge in [-0.15, -0.1) is 0 Å². The van der Waals surface area contributed by atoms with Crippen LogP contribution in [0.5, 0.6) is 0 Å². The summed E-state index contributed by atoms with van der Waals surface area (Å²) in [5.41, 5.74) is 0. The van der Waals surface area contributed by atoms with Crippen molar-refractivity contribution in [3.63, 3.8) is 0 Å². The number of aliphatic hydroxyl groups is 2. The fraction of sp³-hybridized carbons (Fsp3) is 0.765. The summed E-state index contributed by atoms with van der Waals surface area (Å²) in [6, 6.07) is 0. The van der Waals surface area contributed by atoms with Crippen molar-refractivity contribution in [1.29, 1.82) is 0 Å². The molecule has 0 spiro atoms. The van der Waals surface area contributed by atoms with Gasteiger partial charge in [0.25, 0.3) is 0 Å². The molecule has 200 valence electrons. The predicted molar refractivity (Wildman–Crippen MR) is 147 cm³/mol. The van der Waals surface area contributed by atoms with Gasteiger partial charge in [0.15, 0.2) is 24.6 Å². The number of aliphatic hydroxyl groups excluding tert-OH is 2. The number of methoxy groups -OCH3 is 1. The van der Waals surface area contributed by atoms with Gasteiger partial charge in [-0.1, -0.05) is 6.92 Å². The molecule has 18 heteroatoms. The summed E-state index contributed by atoms with van der Waals surface area (Å²) < 4.78 is 43.8. The molecule has 2 heterocycles. The number of rotatable bonds is 8. The van der Waals surface area contributed by atoms with Gasteiger partial charge in [0.2, 0.25) is 12.6 Å².